The average Bonchev–Trinajstić information content (AvgIpc) is 2.57. The van der Waals surface area contributed by atoms with Gasteiger partial charge in [-0.1, -0.05) is 41.4 Å². The largest absolute Gasteiger partial charge is 0.336 e. The maximum Gasteiger partial charge on any atom is 0.253 e. The molecule has 2 aromatic carbocycles. The summed E-state index contributed by atoms with van der Waals surface area (Å²) in [5, 5.41) is 1.35. The van der Waals surface area contributed by atoms with Crippen LogP contribution in [-0.2, 0) is 6.54 Å². The van der Waals surface area contributed by atoms with Crippen LogP contribution < -0.4 is 0 Å². The van der Waals surface area contributed by atoms with Crippen LogP contribution in [0.3, 0.4) is 0 Å². The number of carbonyl (C=O) groups is 1. The van der Waals surface area contributed by atoms with Crippen LogP contribution in [0.4, 0.5) is 0 Å². The van der Waals surface area contributed by atoms with Crippen LogP contribution in [-0.4, -0.2) is 41.9 Å². The first-order chi connectivity index (χ1) is 11.1. The Hall–Kier alpha value is -1.55. The molecule has 0 radical (unpaired) electrons. The van der Waals surface area contributed by atoms with Crippen molar-refractivity contribution in [1.29, 1.82) is 0 Å². The maximum absolute atomic E-state index is 12.5. The quantitative estimate of drug-likeness (QED) is 0.838. The van der Waals surface area contributed by atoms with E-state index in [0.29, 0.717) is 10.6 Å². The summed E-state index contributed by atoms with van der Waals surface area (Å²) >= 11 is 11.9. The van der Waals surface area contributed by atoms with Gasteiger partial charge in [-0.15, -0.1) is 0 Å². The van der Waals surface area contributed by atoms with Crippen molar-refractivity contribution >= 4 is 29.1 Å². The number of amides is 1. The molecule has 2 aromatic rings. The summed E-state index contributed by atoms with van der Waals surface area (Å²) in [6.07, 6.45) is 0. The number of halogens is 2. The molecule has 1 fully saturated rings. The first-order valence-corrected chi connectivity index (χ1v) is 8.39. The Morgan fingerprint density at radius 1 is 0.913 bits per heavy atom. The van der Waals surface area contributed by atoms with Gasteiger partial charge >= 0.3 is 0 Å². The fourth-order valence-corrected chi connectivity index (χ4v) is 3.08. The molecule has 1 aliphatic heterocycles. The highest BCUT2D eigenvalue weighted by Gasteiger charge is 2.22. The van der Waals surface area contributed by atoms with E-state index in [-0.39, 0.29) is 5.91 Å². The van der Waals surface area contributed by atoms with Gasteiger partial charge in [0.2, 0.25) is 0 Å². The molecule has 23 heavy (non-hydrogen) atoms. The van der Waals surface area contributed by atoms with E-state index in [4.69, 9.17) is 23.2 Å². The smallest absolute Gasteiger partial charge is 0.253 e. The number of nitrogens with zero attached hydrogens (tertiary/aromatic N) is 2. The van der Waals surface area contributed by atoms with Crippen LogP contribution in [0.25, 0.3) is 0 Å². The lowest BCUT2D eigenvalue weighted by Crippen LogP contribution is -2.48. The van der Waals surface area contributed by atoms with Crippen LogP contribution in [0.1, 0.15) is 15.9 Å². The Morgan fingerprint density at radius 2 is 1.61 bits per heavy atom. The summed E-state index contributed by atoms with van der Waals surface area (Å²) in [4.78, 5) is 16.7. The van der Waals surface area contributed by atoms with E-state index < -0.39 is 0 Å². The summed E-state index contributed by atoms with van der Waals surface area (Å²) < 4.78 is 0. The molecule has 0 N–H and O–H groups in total. The molecule has 1 saturated heterocycles. The van der Waals surface area contributed by atoms with Crippen LogP contribution in [0.5, 0.6) is 0 Å². The van der Waals surface area contributed by atoms with Crippen molar-refractivity contribution in [2.24, 2.45) is 0 Å². The van der Waals surface area contributed by atoms with Crippen molar-refractivity contribution in [1.82, 2.24) is 9.80 Å². The zero-order valence-electron chi connectivity index (χ0n) is 12.7. The van der Waals surface area contributed by atoms with Crippen LogP contribution >= 0.6 is 23.2 Å². The third-order valence-electron chi connectivity index (χ3n) is 4.05. The molecule has 1 heterocycles. The zero-order chi connectivity index (χ0) is 16.2. The molecular formula is C18H18Cl2N2O. The highest BCUT2D eigenvalue weighted by atomic mass is 35.5. The zero-order valence-corrected chi connectivity index (χ0v) is 14.2. The molecule has 120 valence electrons. The monoisotopic (exact) mass is 348 g/mol. The predicted octanol–water partition coefficient (Wildman–Crippen LogP) is 3.95. The molecule has 0 saturated carbocycles. The van der Waals surface area contributed by atoms with Gasteiger partial charge in [0.05, 0.1) is 0 Å². The van der Waals surface area contributed by atoms with Gasteiger partial charge in [0, 0.05) is 48.3 Å². The van der Waals surface area contributed by atoms with E-state index in [1.54, 1.807) is 12.1 Å². The van der Waals surface area contributed by atoms with E-state index in [1.165, 1.54) is 5.56 Å². The summed E-state index contributed by atoms with van der Waals surface area (Å²) in [5.74, 6) is 0.0543. The Bertz CT molecular complexity index is 680. The molecule has 0 unspecified atom stereocenters. The highest BCUT2D eigenvalue weighted by Crippen LogP contribution is 2.16. The normalized spacial score (nSPS) is 15.7. The molecule has 0 spiro atoms. The van der Waals surface area contributed by atoms with Gasteiger partial charge in [0.1, 0.15) is 0 Å². The molecule has 3 nitrogen and oxygen atoms in total. The van der Waals surface area contributed by atoms with E-state index in [2.05, 4.69) is 4.90 Å². The number of benzene rings is 2. The van der Waals surface area contributed by atoms with E-state index >= 15 is 0 Å². The Labute approximate surface area is 146 Å². The molecule has 0 aromatic heterocycles. The first-order valence-electron chi connectivity index (χ1n) is 7.63. The summed E-state index contributed by atoms with van der Waals surface area (Å²) in [5.41, 5.74) is 1.90. The van der Waals surface area contributed by atoms with Crippen LogP contribution in [0, 0.1) is 0 Å². The van der Waals surface area contributed by atoms with Crippen molar-refractivity contribution in [3.8, 4) is 0 Å². The third kappa shape index (κ3) is 4.25. The second kappa shape index (κ2) is 7.35. The standard InChI is InChI=1S/C18H18Cl2N2O/c19-16-6-4-14(5-7-16)13-21-8-10-22(11-9-21)18(23)15-2-1-3-17(20)12-15/h1-7,12H,8-11,13H2. The SMILES string of the molecule is O=C(c1cccc(Cl)c1)N1CCN(Cc2ccc(Cl)cc2)CC1. The molecular weight excluding hydrogens is 331 g/mol. The second-order valence-corrected chi connectivity index (χ2v) is 6.58. The fraction of sp³-hybridized carbons (Fsp3) is 0.278. The Balaban J connectivity index is 1.55. The summed E-state index contributed by atoms with van der Waals surface area (Å²) in [7, 11) is 0. The third-order valence-corrected chi connectivity index (χ3v) is 4.54. The van der Waals surface area contributed by atoms with Gasteiger partial charge in [0.15, 0.2) is 0 Å². The number of piperazine rings is 1. The lowest BCUT2D eigenvalue weighted by molar-refractivity contribution is 0.0628. The van der Waals surface area contributed by atoms with Crippen molar-refractivity contribution in [3.63, 3.8) is 0 Å². The molecule has 5 heteroatoms. The van der Waals surface area contributed by atoms with Gasteiger partial charge in [0.25, 0.3) is 5.91 Å². The number of carbonyl (C=O) groups excluding carboxylic acids is 1. The minimum Gasteiger partial charge on any atom is -0.336 e. The maximum atomic E-state index is 12.5. The second-order valence-electron chi connectivity index (χ2n) is 5.71. The number of rotatable bonds is 3. The Morgan fingerprint density at radius 3 is 2.26 bits per heavy atom. The number of hydrogen-bond donors (Lipinski definition) is 0. The van der Waals surface area contributed by atoms with Gasteiger partial charge in [-0.05, 0) is 35.9 Å². The fourth-order valence-electron chi connectivity index (χ4n) is 2.76. The lowest BCUT2D eigenvalue weighted by Gasteiger charge is -2.34. The lowest BCUT2D eigenvalue weighted by atomic mass is 10.1. The van der Waals surface area contributed by atoms with Gasteiger partial charge < -0.3 is 4.90 Å². The van der Waals surface area contributed by atoms with Crippen molar-refractivity contribution in [2.75, 3.05) is 26.2 Å². The molecule has 0 aliphatic carbocycles. The van der Waals surface area contributed by atoms with Gasteiger partial charge in [-0.2, -0.15) is 0 Å². The minimum atomic E-state index is 0.0543. The molecule has 1 aliphatic rings. The topological polar surface area (TPSA) is 23.6 Å². The summed E-state index contributed by atoms with van der Waals surface area (Å²) in [6, 6.07) is 15.1. The predicted molar refractivity (Wildman–Crippen MR) is 94.1 cm³/mol. The van der Waals surface area contributed by atoms with E-state index in [1.807, 2.05) is 41.3 Å². The van der Waals surface area contributed by atoms with Gasteiger partial charge in [-0.25, -0.2) is 0 Å². The first kappa shape index (κ1) is 16.3. The van der Waals surface area contributed by atoms with Crippen LogP contribution in [0.2, 0.25) is 10.0 Å². The van der Waals surface area contributed by atoms with Crippen molar-refractivity contribution in [3.05, 3.63) is 69.7 Å². The van der Waals surface area contributed by atoms with Crippen molar-refractivity contribution < 1.29 is 4.79 Å². The molecule has 1 amide bonds. The van der Waals surface area contributed by atoms with E-state index in [0.717, 1.165) is 37.7 Å². The minimum absolute atomic E-state index is 0.0543. The molecule has 3 rings (SSSR count). The Kier molecular flexibility index (Phi) is 5.21. The highest BCUT2D eigenvalue weighted by molar-refractivity contribution is 6.31. The molecule has 0 atom stereocenters. The van der Waals surface area contributed by atoms with Crippen molar-refractivity contribution in [2.45, 2.75) is 6.54 Å². The van der Waals surface area contributed by atoms with E-state index in [9.17, 15) is 4.79 Å². The summed E-state index contributed by atoms with van der Waals surface area (Å²) in [6.45, 7) is 4.10. The van der Waals surface area contributed by atoms with Gasteiger partial charge in [-0.3, -0.25) is 9.69 Å². The van der Waals surface area contributed by atoms with Crippen LogP contribution in [0.15, 0.2) is 48.5 Å². The average molecular weight is 349 g/mol. The molecule has 0 bridgehead atoms. The number of hydrogen-bond acceptors (Lipinski definition) is 2.